The monoisotopic (exact) mass is 291 g/mol. The van der Waals surface area contributed by atoms with E-state index >= 15 is 0 Å². The lowest BCUT2D eigenvalue weighted by molar-refractivity contribution is 0.107. The van der Waals surface area contributed by atoms with Gasteiger partial charge in [0, 0.05) is 25.0 Å². The molecule has 0 saturated carbocycles. The summed E-state index contributed by atoms with van der Waals surface area (Å²) in [5, 5.41) is 2.90. The third-order valence-corrected chi connectivity index (χ3v) is 3.33. The highest BCUT2D eigenvalue weighted by atomic mass is 16.5. The van der Waals surface area contributed by atoms with Gasteiger partial charge in [-0.25, -0.2) is 4.98 Å². The zero-order valence-electron chi connectivity index (χ0n) is 13.0. The summed E-state index contributed by atoms with van der Waals surface area (Å²) < 4.78 is 7.44. The number of hydrogen-bond acceptors (Lipinski definition) is 7. The first-order valence-corrected chi connectivity index (χ1v) is 6.65. The Bertz CT molecular complexity index is 580. The Morgan fingerprint density at radius 3 is 2.62 bits per heavy atom. The van der Waals surface area contributed by atoms with Crippen LogP contribution >= 0.6 is 0 Å². The summed E-state index contributed by atoms with van der Waals surface area (Å²) in [6.07, 6.45) is 5.06. The predicted octanol–water partition coefficient (Wildman–Crippen LogP) is 0.818. The average Bonchev–Trinajstić information content (AvgIpc) is 2.99. The molecule has 114 valence electrons. The molecule has 0 radical (unpaired) electrons. The van der Waals surface area contributed by atoms with Gasteiger partial charge in [-0.15, -0.1) is 0 Å². The number of nitrogens with zero attached hydrogens (tertiary/aromatic N) is 6. The normalized spacial score (nSPS) is 11.7. The van der Waals surface area contributed by atoms with E-state index in [1.54, 1.807) is 30.3 Å². The van der Waals surface area contributed by atoms with Crippen molar-refractivity contribution in [1.82, 2.24) is 29.4 Å². The molecule has 0 aromatic carbocycles. The van der Waals surface area contributed by atoms with E-state index in [-0.39, 0.29) is 11.5 Å². The van der Waals surface area contributed by atoms with Crippen LogP contribution < -0.4 is 10.1 Å². The minimum absolute atomic E-state index is 0.123. The van der Waals surface area contributed by atoms with Crippen LogP contribution in [0.2, 0.25) is 0 Å². The van der Waals surface area contributed by atoms with Gasteiger partial charge in [-0.1, -0.05) is 0 Å². The average molecular weight is 291 g/mol. The number of aromatic nitrogens is 5. The van der Waals surface area contributed by atoms with Crippen LogP contribution in [0.15, 0.2) is 18.7 Å². The Morgan fingerprint density at radius 1 is 1.29 bits per heavy atom. The molecule has 0 amide bonds. The van der Waals surface area contributed by atoms with Crippen molar-refractivity contribution in [3.63, 3.8) is 0 Å². The first-order chi connectivity index (χ1) is 9.92. The Balaban J connectivity index is 2.22. The van der Waals surface area contributed by atoms with E-state index in [0.717, 1.165) is 0 Å². The summed E-state index contributed by atoms with van der Waals surface area (Å²) in [5.74, 6) is 0.913. The fourth-order valence-corrected chi connectivity index (χ4v) is 1.39. The maximum atomic E-state index is 5.74. The quantitative estimate of drug-likeness (QED) is 0.843. The van der Waals surface area contributed by atoms with Crippen LogP contribution in [0.1, 0.15) is 13.8 Å². The van der Waals surface area contributed by atoms with E-state index in [9.17, 15) is 0 Å². The van der Waals surface area contributed by atoms with E-state index < -0.39 is 0 Å². The van der Waals surface area contributed by atoms with Gasteiger partial charge in [0.15, 0.2) is 0 Å². The number of nitrogens with one attached hydrogen (secondary N) is 1. The molecule has 2 rings (SSSR count). The summed E-state index contributed by atoms with van der Waals surface area (Å²) >= 11 is 0. The van der Waals surface area contributed by atoms with Gasteiger partial charge in [0.2, 0.25) is 11.9 Å². The Kier molecular flexibility index (Phi) is 4.37. The molecule has 2 heterocycles. The molecule has 1 N–H and O–H groups in total. The largest absolute Gasteiger partial charge is 0.461 e. The standard InChI is InChI=1S/C13H21N7O/c1-13(2,19(4)5)8-21-12-17-10(14-3)16-11(18-12)20-7-6-15-9-20/h6-7,9H,8H2,1-5H3,(H,14,16,17,18). The van der Waals surface area contributed by atoms with E-state index in [4.69, 9.17) is 4.74 Å². The van der Waals surface area contributed by atoms with Crippen molar-refractivity contribution in [1.29, 1.82) is 0 Å². The van der Waals surface area contributed by atoms with Gasteiger partial charge < -0.3 is 15.0 Å². The van der Waals surface area contributed by atoms with Crippen molar-refractivity contribution in [2.45, 2.75) is 19.4 Å². The van der Waals surface area contributed by atoms with E-state index in [1.165, 1.54) is 0 Å². The zero-order valence-corrected chi connectivity index (χ0v) is 13.0. The van der Waals surface area contributed by atoms with Crippen LogP contribution in [0.25, 0.3) is 5.95 Å². The second-order valence-electron chi connectivity index (χ2n) is 5.46. The molecule has 8 nitrogen and oxygen atoms in total. The van der Waals surface area contributed by atoms with Gasteiger partial charge in [-0.3, -0.25) is 4.57 Å². The topological polar surface area (TPSA) is 81.0 Å². The summed E-state index contributed by atoms with van der Waals surface area (Å²) in [6, 6.07) is 0.285. The molecule has 0 aliphatic rings. The highest BCUT2D eigenvalue weighted by Crippen LogP contribution is 2.15. The molecule has 21 heavy (non-hydrogen) atoms. The summed E-state index contributed by atoms with van der Waals surface area (Å²) in [6.45, 7) is 4.64. The minimum Gasteiger partial charge on any atom is -0.461 e. The second kappa shape index (κ2) is 6.04. The lowest BCUT2D eigenvalue weighted by Crippen LogP contribution is -2.43. The van der Waals surface area contributed by atoms with Gasteiger partial charge in [0.05, 0.1) is 0 Å². The van der Waals surface area contributed by atoms with Crippen LogP contribution in [0.4, 0.5) is 5.95 Å². The number of anilines is 1. The lowest BCUT2D eigenvalue weighted by atomic mass is 10.1. The Labute approximate surface area is 124 Å². The lowest BCUT2D eigenvalue weighted by Gasteiger charge is -2.31. The van der Waals surface area contributed by atoms with Crippen LogP contribution in [0.3, 0.4) is 0 Å². The molecule has 0 bridgehead atoms. The van der Waals surface area contributed by atoms with Gasteiger partial charge in [-0.05, 0) is 27.9 Å². The number of ether oxygens (including phenoxy) is 1. The molecular formula is C13H21N7O. The molecule has 0 aliphatic carbocycles. The zero-order chi connectivity index (χ0) is 15.5. The molecule has 0 atom stereocenters. The van der Waals surface area contributed by atoms with Crippen LogP contribution in [-0.4, -0.2) is 62.7 Å². The van der Waals surface area contributed by atoms with Crippen LogP contribution in [-0.2, 0) is 0 Å². The molecular weight excluding hydrogens is 270 g/mol. The number of rotatable bonds is 6. The van der Waals surface area contributed by atoms with E-state index in [2.05, 4.69) is 44.0 Å². The summed E-state index contributed by atoms with van der Waals surface area (Å²) in [5.41, 5.74) is -0.123. The van der Waals surface area contributed by atoms with Gasteiger partial charge >= 0.3 is 6.01 Å². The third-order valence-electron chi connectivity index (χ3n) is 3.33. The SMILES string of the molecule is CNc1nc(OCC(C)(C)N(C)C)nc(-n2ccnc2)n1. The van der Waals surface area contributed by atoms with E-state index in [1.807, 2.05) is 14.1 Å². The number of hydrogen-bond donors (Lipinski definition) is 1. The highest BCUT2D eigenvalue weighted by molar-refractivity contribution is 5.29. The summed E-state index contributed by atoms with van der Waals surface area (Å²) in [7, 11) is 5.76. The maximum Gasteiger partial charge on any atom is 0.323 e. The number of likely N-dealkylation sites (N-methyl/N-ethyl adjacent to an activating group) is 1. The smallest absolute Gasteiger partial charge is 0.323 e. The van der Waals surface area contributed by atoms with Crippen LogP contribution in [0.5, 0.6) is 6.01 Å². The van der Waals surface area contributed by atoms with Crippen molar-refractivity contribution in [2.24, 2.45) is 0 Å². The van der Waals surface area contributed by atoms with E-state index in [0.29, 0.717) is 18.5 Å². The molecule has 8 heteroatoms. The minimum atomic E-state index is -0.123. The molecule has 2 aromatic heterocycles. The second-order valence-corrected chi connectivity index (χ2v) is 5.46. The first-order valence-electron chi connectivity index (χ1n) is 6.65. The fourth-order valence-electron chi connectivity index (χ4n) is 1.39. The molecule has 0 aliphatic heterocycles. The van der Waals surface area contributed by atoms with Crippen molar-refractivity contribution >= 4 is 5.95 Å². The first kappa shape index (κ1) is 15.2. The van der Waals surface area contributed by atoms with Crippen LogP contribution in [0, 0.1) is 0 Å². The predicted molar refractivity (Wildman–Crippen MR) is 79.8 cm³/mol. The van der Waals surface area contributed by atoms with Crippen molar-refractivity contribution in [3.05, 3.63) is 18.7 Å². The number of imidazole rings is 1. The molecule has 2 aromatic rings. The maximum absolute atomic E-state index is 5.74. The fraction of sp³-hybridized carbons (Fsp3) is 0.538. The molecule has 0 saturated heterocycles. The molecule has 0 fully saturated rings. The van der Waals surface area contributed by atoms with Gasteiger partial charge in [0.1, 0.15) is 12.9 Å². The van der Waals surface area contributed by atoms with Gasteiger partial charge in [-0.2, -0.15) is 15.0 Å². The van der Waals surface area contributed by atoms with Gasteiger partial charge in [0.25, 0.3) is 0 Å². The molecule has 0 spiro atoms. The highest BCUT2D eigenvalue weighted by Gasteiger charge is 2.22. The Morgan fingerprint density at radius 2 is 2.05 bits per heavy atom. The Hall–Kier alpha value is -2.22. The molecule has 0 unspecified atom stereocenters. The van der Waals surface area contributed by atoms with Crippen molar-refractivity contribution in [2.75, 3.05) is 33.1 Å². The van der Waals surface area contributed by atoms with Crippen molar-refractivity contribution < 1.29 is 4.74 Å². The third kappa shape index (κ3) is 3.66. The summed E-state index contributed by atoms with van der Waals surface area (Å²) in [4.78, 5) is 18.9. The van der Waals surface area contributed by atoms with Crippen molar-refractivity contribution in [3.8, 4) is 12.0 Å².